The first kappa shape index (κ1) is 16.8. The van der Waals surface area contributed by atoms with Crippen LogP contribution in [0.2, 0.25) is 0 Å². The van der Waals surface area contributed by atoms with Crippen LogP contribution in [0.15, 0.2) is 18.2 Å². The summed E-state index contributed by atoms with van der Waals surface area (Å²) >= 11 is 0. The number of amides is 1. The first-order valence-corrected chi connectivity index (χ1v) is 8.10. The van der Waals surface area contributed by atoms with Gasteiger partial charge in [-0.1, -0.05) is 6.07 Å². The average Bonchev–Trinajstić information content (AvgIpc) is 2.52. The van der Waals surface area contributed by atoms with Crippen LogP contribution >= 0.6 is 0 Å². The Morgan fingerprint density at radius 3 is 2.95 bits per heavy atom. The lowest BCUT2D eigenvalue weighted by molar-refractivity contribution is -0.130. The van der Waals surface area contributed by atoms with Crippen molar-refractivity contribution in [3.8, 4) is 5.75 Å². The maximum atomic E-state index is 12.4. The summed E-state index contributed by atoms with van der Waals surface area (Å²) in [5, 5.41) is 9.33. The fraction of sp³-hybridized carbons (Fsp3) is 0.611. The third kappa shape index (κ3) is 4.23. The first-order valence-electron chi connectivity index (χ1n) is 8.10. The number of carbonyl (C=O) groups is 1. The number of carbonyl (C=O) groups excluding carboxylic acids is 1. The highest BCUT2D eigenvalue weighted by atomic mass is 16.5. The third-order valence-corrected chi connectivity index (χ3v) is 4.52. The van der Waals surface area contributed by atoms with Crippen molar-refractivity contribution in [3.05, 3.63) is 29.3 Å². The number of rotatable bonds is 6. The molecule has 2 unspecified atom stereocenters. The number of ether oxygens (including phenoxy) is 1. The van der Waals surface area contributed by atoms with Gasteiger partial charge >= 0.3 is 0 Å². The molecule has 4 nitrogen and oxygen atoms in total. The van der Waals surface area contributed by atoms with Crippen LogP contribution in [0.25, 0.3) is 0 Å². The predicted octanol–water partition coefficient (Wildman–Crippen LogP) is 2.73. The highest BCUT2D eigenvalue weighted by molar-refractivity contribution is 5.77. The van der Waals surface area contributed by atoms with Gasteiger partial charge in [-0.3, -0.25) is 4.79 Å². The van der Waals surface area contributed by atoms with E-state index in [0.717, 1.165) is 25.0 Å². The van der Waals surface area contributed by atoms with E-state index in [9.17, 15) is 9.90 Å². The van der Waals surface area contributed by atoms with Gasteiger partial charge in [0.2, 0.25) is 5.91 Å². The Labute approximate surface area is 133 Å². The number of hydrogen-bond acceptors (Lipinski definition) is 3. The molecule has 0 saturated carbocycles. The molecular formula is C18H27NO3. The van der Waals surface area contributed by atoms with Gasteiger partial charge in [-0.05, 0) is 61.8 Å². The fourth-order valence-electron chi connectivity index (χ4n) is 3.10. The summed E-state index contributed by atoms with van der Waals surface area (Å²) in [7, 11) is 3.51. The summed E-state index contributed by atoms with van der Waals surface area (Å²) in [5.74, 6) is 1.35. The first-order chi connectivity index (χ1) is 10.5. The highest BCUT2D eigenvalue weighted by Gasteiger charge is 2.24. The van der Waals surface area contributed by atoms with Gasteiger partial charge in [0.15, 0.2) is 0 Å². The molecule has 0 aliphatic heterocycles. The van der Waals surface area contributed by atoms with E-state index in [0.29, 0.717) is 25.3 Å². The second-order valence-corrected chi connectivity index (χ2v) is 6.31. The van der Waals surface area contributed by atoms with Crippen LogP contribution in [0.5, 0.6) is 5.75 Å². The van der Waals surface area contributed by atoms with Crippen LogP contribution in [0.4, 0.5) is 0 Å². The number of aryl methyl sites for hydroxylation is 1. The maximum Gasteiger partial charge on any atom is 0.222 e. The standard InChI is InChI=1S/C18H27NO3/c1-13(20)9-10-19(2)18(21)12-15-6-4-5-14-11-16(22-3)7-8-17(14)15/h7-8,11,13,15,20H,4-6,9-10,12H2,1-3H3. The summed E-state index contributed by atoms with van der Waals surface area (Å²) < 4.78 is 5.29. The van der Waals surface area contributed by atoms with Gasteiger partial charge in [0, 0.05) is 20.0 Å². The van der Waals surface area contributed by atoms with Gasteiger partial charge < -0.3 is 14.7 Å². The van der Waals surface area contributed by atoms with Crippen molar-refractivity contribution in [1.82, 2.24) is 4.90 Å². The van der Waals surface area contributed by atoms with Crippen LogP contribution < -0.4 is 4.74 Å². The normalized spacial score (nSPS) is 18.5. The molecule has 22 heavy (non-hydrogen) atoms. The van der Waals surface area contributed by atoms with Crippen molar-refractivity contribution in [2.24, 2.45) is 0 Å². The molecule has 1 aromatic carbocycles. The van der Waals surface area contributed by atoms with Gasteiger partial charge in [0.05, 0.1) is 13.2 Å². The minimum Gasteiger partial charge on any atom is -0.497 e. The molecule has 2 rings (SSSR count). The van der Waals surface area contributed by atoms with E-state index in [2.05, 4.69) is 12.1 Å². The molecule has 1 aliphatic carbocycles. The SMILES string of the molecule is COc1ccc2c(c1)CCCC2CC(=O)N(C)CCC(C)O. The molecule has 1 N–H and O–H groups in total. The summed E-state index contributed by atoms with van der Waals surface area (Å²) in [6.45, 7) is 2.36. The Morgan fingerprint density at radius 1 is 1.50 bits per heavy atom. The van der Waals surface area contributed by atoms with Crippen molar-refractivity contribution >= 4 is 5.91 Å². The van der Waals surface area contributed by atoms with E-state index in [1.54, 1.807) is 18.9 Å². The molecule has 0 radical (unpaired) electrons. The second-order valence-electron chi connectivity index (χ2n) is 6.31. The van der Waals surface area contributed by atoms with E-state index >= 15 is 0 Å². The van der Waals surface area contributed by atoms with E-state index in [4.69, 9.17) is 4.74 Å². The van der Waals surface area contributed by atoms with Crippen molar-refractivity contribution in [1.29, 1.82) is 0 Å². The number of benzene rings is 1. The molecule has 0 bridgehead atoms. The van der Waals surface area contributed by atoms with Crippen molar-refractivity contribution in [3.63, 3.8) is 0 Å². The number of hydrogen-bond donors (Lipinski definition) is 1. The van der Waals surface area contributed by atoms with E-state index in [-0.39, 0.29) is 12.0 Å². The zero-order chi connectivity index (χ0) is 16.1. The van der Waals surface area contributed by atoms with Crippen molar-refractivity contribution < 1.29 is 14.6 Å². The van der Waals surface area contributed by atoms with Gasteiger partial charge in [0.25, 0.3) is 0 Å². The summed E-state index contributed by atoms with van der Waals surface area (Å²) in [6, 6.07) is 6.20. The van der Waals surface area contributed by atoms with Gasteiger partial charge in [-0.25, -0.2) is 0 Å². The van der Waals surface area contributed by atoms with Crippen molar-refractivity contribution in [2.45, 2.75) is 51.0 Å². The van der Waals surface area contributed by atoms with E-state index in [1.807, 2.05) is 13.1 Å². The van der Waals surface area contributed by atoms with Gasteiger partial charge in [0.1, 0.15) is 5.75 Å². The van der Waals surface area contributed by atoms with Crippen LogP contribution in [0, 0.1) is 0 Å². The van der Waals surface area contributed by atoms with Crippen LogP contribution in [-0.2, 0) is 11.2 Å². The molecule has 0 spiro atoms. The zero-order valence-corrected chi connectivity index (χ0v) is 13.8. The van der Waals surface area contributed by atoms with Crippen LogP contribution in [0.1, 0.15) is 49.7 Å². The second kappa shape index (κ2) is 7.63. The molecule has 0 heterocycles. The molecule has 1 aliphatic rings. The number of aliphatic hydroxyl groups excluding tert-OH is 1. The van der Waals surface area contributed by atoms with Crippen LogP contribution in [-0.4, -0.2) is 42.7 Å². The Balaban J connectivity index is 2.01. The molecule has 0 aromatic heterocycles. The van der Waals surface area contributed by atoms with E-state index < -0.39 is 0 Å². The molecule has 2 atom stereocenters. The maximum absolute atomic E-state index is 12.4. The van der Waals surface area contributed by atoms with Crippen molar-refractivity contribution in [2.75, 3.05) is 20.7 Å². The Hall–Kier alpha value is -1.55. The van der Waals surface area contributed by atoms with Gasteiger partial charge in [-0.15, -0.1) is 0 Å². The average molecular weight is 305 g/mol. The fourth-order valence-corrected chi connectivity index (χ4v) is 3.10. The van der Waals surface area contributed by atoms with Crippen LogP contribution in [0.3, 0.4) is 0 Å². The lowest BCUT2D eigenvalue weighted by atomic mass is 9.80. The van der Waals surface area contributed by atoms with Gasteiger partial charge in [-0.2, -0.15) is 0 Å². The quantitative estimate of drug-likeness (QED) is 0.879. The molecule has 1 aromatic rings. The lowest BCUT2D eigenvalue weighted by Crippen LogP contribution is -2.31. The smallest absolute Gasteiger partial charge is 0.222 e. The highest BCUT2D eigenvalue weighted by Crippen LogP contribution is 2.36. The molecule has 0 saturated heterocycles. The zero-order valence-electron chi connectivity index (χ0n) is 13.8. The molecular weight excluding hydrogens is 278 g/mol. The molecule has 0 fully saturated rings. The molecule has 4 heteroatoms. The molecule has 1 amide bonds. The Bertz CT molecular complexity index is 513. The largest absolute Gasteiger partial charge is 0.497 e. The third-order valence-electron chi connectivity index (χ3n) is 4.52. The monoisotopic (exact) mass is 305 g/mol. The Morgan fingerprint density at radius 2 is 2.27 bits per heavy atom. The number of methoxy groups -OCH3 is 1. The number of fused-ring (bicyclic) bond motifs is 1. The Kier molecular flexibility index (Phi) is 5.83. The van der Waals surface area contributed by atoms with E-state index in [1.165, 1.54) is 11.1 Å². The number of nitrogens with zero attached hydrogens (tertiary/aromatic N) is 1. The lowest BCUT2D eigenvalue weighted by Gasteiger charge is -2.27. The summed E-state index contributed by atoms with van der Waals surface area (Å²) in [6.07, 6.45) is 4.06. The minimum absolute atomic E-state index is 0.161. The minimum atomic E-state index is -0.363. The number of aliphatic hydroxyl groups is 1. The summed E-state index contributed by atoms with van der Waals surface area (Å²) in [5.41, 5.74) is 2.61. The molecule has 122 valence electrons. The summed E-state index contributed by atoms with van der Waals surface area (Å²) in [4.78, 5) is 14.1. The predicted molar refractivity (Wildman–Crippen MR) is 87.2 cm³/mol. The topological polar surface area (TPSA) is 49.8 Å².